The van der Waals surface area contributed by atoms with Crippen molar-refractivity contribution in [3.8, 4) is 12.1 Å². The van der Waals surface area contributed by atoms with E-state index in [-0.39, 0.29) is 16.9 Å². The molecule has 154 valence electrons. The van der Waals surface area contributed by atoms with Crippen LogP contribution in [0, 0.1) is 34.5 Å². The minimum atomic E-state index is -0.629. The van der Waals surface area contributed by atoms with Crippen LogP contribution >= 0.6 is 11.6 Å². The molecule has 0 radical (unpaired) electrons. The zero-order valence-electron chi connectivity index (χ0n) is 16.9. The Bertz CT molecular complexity index is 1470. The maximum Gasteiger partial charge on any atom is 0.218 e. The topological polar surface area (TPSA) is 76.3 Å². The molecule has 1 aliphatic rings. The number of nitrogens with zero attached hydrogens (tertiary/aromatic N) is 3. The lowest BCUT2D eigenvalue weighted by molar-refractivity contribution is 0.588. The summed E-state index contributed by atoms with van der Waals surface area (Å²) in [5.74, 6) is -0.373. The fraction of sp³-hybridized carbons (Fsp3) is 0.115. The Morgan fingerprint density at radius 2 is 1.75 bits per heavy atom. The summed E-state index contributed by atoms with van der Waals surface area (Å²) in [5.41, 5.74) is 5.33. The van der Waals surface area contributed by atoms with Crippen LogP contribution in [-0.4, -0.2) is 10.2 Å². The molecule has 4 aromatic rings. The molecule has 1 heterocycles. The van der Waals surface area contributed by atoms with Gasteiger partial charge in [-0.3, -0.25) is 5.10 Å². The summed E-state index contributed by atoms with van der Waals surface area (Å²) < 4.78 is 14.5. The molecular weight excluding hydrogens is 423 g/mol. The molecule has 0 bridgehead atoms. The van der Waals surface area contributed by atoms with Gasteiger partial charge in [-0.25, -0.2) is 0 Å². The lowest BCUT2D eigenvalue weighted by atomic mass is 9.84. The lowest BCUT2D eigenvalue weighted by Crippen LogP contribution is -2.01. The number of halogens is 2. The first-order valence-corrected chi connectivity index (χ1v) is 10.6. The number of rotatable bonds is 4. The second-order valence-electron chi connectivity index (χ2n) is 7.77. The van der Waals surface area contributed by atoms with Crippen molar-refractivity contribution in [2.75, 3.05) is 0 Å². The van der Waals surface area contributed by atoms with E-state index in [0.717, 1.165) is 35.1 Å². The van der Waals surface area contributed by atoms with E-state index in [9.17, 15) is 14.9 Å². The van der Waals surface area contributed by atoms with E-state index in [1.807, 2.05) is 42.5 Å². The highest BCUT2D eigenvalue weighted by Crippen LogP contribution is 2.50. The largest absolute Gasteiger partial charge is 0.252 e. The van der Waals surface area contributed by atoms with Crippen LogP contribution in [0.4, 0.5) is 4.39 Å². The van der Waals surface area contributed by atoms with E-state index in [2.05, 4.69) is 22.3 Å². The van der Waals surface area contributed by atoms with Crippen molar-refractivity contribution < 1.29 is 4.39 Å². The molecule has 0 saturated heterocycles. The average Bonchev–Trinajstić information content (AvgIpc) is 3.60. The van der Waals surface area contributed by atoms with E-state index < -0.39 is 5.95 Å². The van der Waals surface area contributed by atoms with E-state index >= 15 is 0 Å². The molecule has 0 amide bonds. The minimum Gasteiger partial charge on any atom is -0.252 e. The summed E-state index contributed by atoms with van der Waals surface area (Å²) >= 11 is 6.64. The minimum absolute atomic E-state index is 0.180. The summed E-state index contributed by atoms with van der Waals surface area (Å²) in [5, 5.41) is 26.3. The number of aromatic nitrogens is 2. The second-order valence-corrected chi connectivity index (χ2v) is 8.17. The molecule has 1 saturated carbocycles. The zero-order valence-corrected chi connectivity index (χ0v) is 17.6. The zero-order chi connectivity index (χ0) is 22.2. The standard InChI is InChI=1S/C26H16ClFN4/c27-21-12-15(13-29)6-9-19(21)24(17-7-8-17)23(16-4-2-1-3-5-16)18-10-11-22-25(20(18)14-30)26(28)32-31-22/h1-6,9-12,17H,7-8H2,(H,31,32)/b24-23+. The van der Waals surface area contributed by atoms with Gasteiger partial charge in [0.1, 0.15) is 6.07 Å². The number of hydrogen-bond donors (Lipinski definition) is 1. The summed E-state index contributed by atoms with van der Waals surface area (Å²) in [4.78, 5) is 0. The van der Waals surface area contributed by atoms with Crippen LogP contribution in [-0.2, 0) is 0 Å². The number of nitrogens with one attached hydrogen (secondary N) is 1. The van der Waals surface area contributed by atoms with Crippen LogP contribution in [0.15, 0.2) is 60.7 Å². The normalized spacial score (nSPS) is 14.0. The molecule has 0 spiro atoms. The third-order valence-electron chi connectivity index (χ3n) is 5.76. The van der Waals surface area contributed by atoms with Crippen LogP contribution in [0.25, 0.3) is 22.0 Å². The molecule has 6 heteroatoms. The van der Waals surface area contributed by atoms with E-state index in [1.54, 1.807) is 18.2 Å². The molecule has 4 nitrogen and oxygen atoms in total. The van der Waals surface area contributed by atoms with Gasteiger partial charge in [0.05, 0.1) is 28.1 Å². The van der Waals surface area contributed by atoms with Crippen molar-refractivity contribution in [3.05, 3.63) is 99.5 Å². The number of benzene rings is 3. The second kappa shape index (κ2) is 7.96. The van der Waals surface area contributed by atoms with Gasteiger partial charge in [-0.05, 0) is 59.2 Å². The molecule has 1 fully saturated rings. The molecule has 1 aliphatic carbocycles. The molecule has 0 atom stereocenters. The quantitative estimate of drug-likeness (QED) is 0.371. The van der Waals surface area contributed by atoms with Crippen LogP contribution in [0.2, 0.25) is 5.02 Å². The predicted octanol–water partition coefficient (Wildman–Crippen LogP) is 6.47. The van der Waals surface area contributed by atoms with Crippen LogP contribution < -0.4 is 0 Å². The number of allylic oxidation sites excluding steroid dienone is 1. The van der Waals surface area contributed by atoms with Crippen molar-refractivity contribution in [3.63, 3.8) is 0 Å². The predicted molar refractivity (Wildman–Crippen MR) is 122 cm³/mol. The smallest absolute Gasteiger partial charge is 0.218 e. The van der Waals surface area contributed by atoms with Gasteiger partial charge in [-0.2, -0.15) is 20.0 Å². The van der Waals surface area contributed by atoms with Crippen molar-refractivity contribution in [1.29, 1.82) is 10.5 Å². The van der Waals surface area contributed by atoms with Crippen molar-refractivity contribution in [2.45, 2.75) is 12.8 Å². The fourth-order valence-corrected chi connectivity index (χ4v) is 4.47. The Balaban J connectivity index is 1.90. The van der Waals surface area contributed by atoms with Gasteiger partial charge in [0.25, 0.3) is 0 Å². The number of nitriles is 2. The summed E-state index contributed by atoms with van der Waals surface area (Å²) in [6.07, 6.45) is 1.98. The van der Waals surface area contributed by atoms with Crippen molar-refractivity contribution in [1.82, 2.24) is 10.2 Å². The van der Waals surface area contributed by atoms with Gasteiger partial charge < -0.3 is 0 Å². The van der Waals surface area contributed by atoms with Gasteiger partial charge in [0.15, 0.2) is 0 Å². The van der Waals surface area contributed by atoms with E-state index in [0.29, 0.717) is 21.7 Å². The number of aromatic amines is 1. The van der Waals surface area contributed by atoms with Crippen LogP contribution in [0.3, 0.4) is 0 Å². The van der Waals surface area contributed by atoms with Gasteiger partial charge in [-0.1, -0.05) is 54.1 Å². The average molecular weight is 439 g/mol. The van der Waals surface area contributed by atoms with Gasteiger partial charge in [0, 0.05) is 10.6 Å². The first-order valence-electron chi connectivity index (χ1n) is 10.2. The molecule has 32 heavy (non-hydrogen) atoms. The molecule has 0 unspecified atom stereocenters. The SMILES string of the molecule is N#Cc1ccc(/C(=C(\c2ccccc2)c2ccc3n[nH]c(F)c3c2C#N)C2CC2)c(Cl)c1. The molecule has 5 rings (SSSR count). The Kier molecular flexibility index (Phi) is 4.98. The maximum atomic E-state index is 14.5. The monoisotopic (exact) mass is 438 g/mol. The summed E-state index contributed by atoms with van der Waals surface area (Å²) in [6.45, 7) is 0. The Hall–Kier alpha value is -3.93. The number of hydrogen-bond acceptors (Lipinski definition) is 3. The third-order valence-corrected chi connectivity index (χ3v) is 6.08. The summed E-state index contributed by atoms with van der Waals surface area (Å²) in [6, 6.07) is 22.9. The van der Waals surface area contributed by atoms with Crippen molar-refractivity contribution >= 4 is 33.7 Å². The highest BCUT2D eigenvalue weighted by atomic mass is 35.5. The highest BCUT2D eigenvalue weighted by Gasteiger charge is 2.33. The van der Waals surface area contributed by atoms with E-state index in [4.69, 9.17) is 11.6 Å². The van der Waals surface area contributed by atoms with Crippen molar-refractivity contribution in [2.24, 2.45) is 5.92 Å². The molecular formula is C26H16ClFN4. The number of fused-ring (bicyclic) bond motifs is 1. The molecule has 0 aliphatic heterocycles. The van der Waals surface area contributed by atoms with Crippen LogP contribution in [0.1, 0.15) is 40.7 Å². The first-order chi connectivity index (χ1) is 15.6. The number of H-pyrrole nitrogens is 1. The van der Waals surface area contributed by atoms with Crippen LogP contribution in [0.5, 0.6) is 0 Å². The Morgan fingerprint density at radius 3 is 2.41 bits per heavy atom. The third kappa shape index (κ3) is 3.34. The van der Waals surface area contributed by atoms with Gasteiger partial charge in [-0.15, -0.1) is 0 Å². The van der Waals surface area contributed by atoms with Gasteiger partial charge >= 0.3 is 0 Å². The van der Waals surface area contributed by atoms with Gasteiger partial charge in [0.2, 0.25) is 5.95 Å². The first kappa shape index (κ1) is 20.0. The molecule has 3 aromatic carbocycles. The summed E-state index contributed by atoms with van der Waals surface area (Å²) in [7, 11) is 0. The highest BCUT2D eigenvalue weighted by molar-refractivity contribution is 6.33. The fourth-order valence-electron chi connectivity index (χ4n) is 4.19. The molecule has 1 aromatic heterocycles. The maximum absolute atomic E-state index is 14.5. The molecule has 1 N–H and O–H groups in total. The lowest BCUT2D eigenvalue weighted by Gasteiger charge is -2.19. The van der Waals surface area contributed by atoms with E-state index in [1.165, 1.54) is 0 Å². The Labute approximate surface area is 189 Å². The Morgan fingerprint density at radius 1 is 1.00 bits per heavy atom.